The van der Waals surface area contributed by atoms with E-state index in [0.717, 1.165) is 6.42 Å². The van der Waals surface area contributed by atoms with E-state index in [1.54, 1.807) is 6.20 Å². The van der Waals surface area contributed by atoms with E-state index in [1.165, 1.54) is 0 Å². The lowest BCUT2D eigenvalue weighted by Crippen LogP contribution is -2.18. The van der Waals surface area contributed by atoms with Crippen molar-refractivity contribution in [3.8, 4) is 0 Å². The van der Waals surface area contributed by atoms with E-state index in [9.17, 15) is 4.79 Å². The Morgan fingerprint density at radius 1 is 1.62 bits per heavy atom. The molecular formula is C5H8ClNO. The second-order valence-electron chi connectivity index (χ2n) is 1.51. The van der Waals surface area contributed by atoms with Crippen molar-refractivity contribution < 1.29 is 4.79 Å². The molecule has 1 rings (SSSR count). The molecule has 46 valence electrons. The number of amides is 1. The van der Waals surface area contributed by atoms with Crippen molar-refractivity contribution in [2.24, 2.45) is 0 Å². The minimum atomic E-state index is 0. The largest absolute Gasteiger partial charge is 0.333 e. The third-order valence-electron chi connectivity index (χ3n) is 0.900. The van der Waals surface area contributed by atoms with Gasteiger partial charge >= 0.3 is 0 Å². The quantitative estimate of drug-likeness (QED) is 0.521. The van der Waals surface area contributed by atoms with Gasteiger partial charge in [0.1, 0.15) is 0 Å². The predicted octanol–water partition coefficient (Wildman–Crippen LogP) is 0.832. The fourth-order valence-corrected chi connectivity index (χ4v) is 0.522. The van der Waals surface area contributed by atoms with Gasteiger partial charge in [0.05, 0.1) is 0 Å². The molecule has 0 aromatic heterocycles. The summed E-state index contributed by atoms with van der Waals surface area (Å²) < 4.78 is 0. The van der Waals surface area contributed by atoms with Crippen LogP contribution in [0.2, 0.25) is 0 Å². The van der Waals surface area contributed by atoms with Gasteiger partial charge < -0.3 is 5.32 Å². The molecule has 0 fully saturated rings. The first-order valence-electron chi connectivity index (χ1n) is 2.34. The molecule has 3 heteroatoms. The molecule has 1 amide bonds. The van der Waals surface area contributed by atoms with Gasteiger partial charge in [0.2, 0.25) is 5.91 Å². The molecule has 1 aliphatic heterocycles. The molecule has 0 unspecified atom stereocenters. The second kappa shape index (κ2) is 3.50. The van der Waals surface area contributed by atoms with Crippen molar-refractivity contribution in [2.45, 2.75) is 12.8 Å². The first-order chi connectivity index (χ1) is 3.39. The number of halogens is 1. The van der Waals surface area contributed by atoms with E-state index in [0.29, 0.717) is 6.42 Å². The fourth-order valence-electron chi connectivity index (χ4n) is 0.522. The van der Waals surface area contributed by atoms with Gasteiger partial charge in [-0.2, -0.15) is 0 Å². The van der Waals surface area contributed by atoms with Crippen LogP contribution in [0.4, 0.5) is 0 Å². The average molecular weight is 134 g/mol. The zero-order chi connectivity index (χ0) is 5.11. The number of rotatable bonds is 0. The Labute approximate surface area is 54.4 Å². The van der Waals surface area contributed by atoms with Crippen LogP contribution < -0.4 is 5.32 Å². The van der Waals surface area contributed by atoms with Crippen LogP contribution in [0.1, 0.15) is 12.8 Å². The van der Waals surface area contributed by atoms with Crippen molar-refractivity contribution >= 4 is 18.3 Å². The number of nitrogens with one attached hydrogen (secondary N) is 1. The van der Waals surface area contributed by atoms with Crippen LogP contribution in [0.15, 0.2) is 12.3 Å². The van der Waals surface area contributed by atoms with Crippen molar-refractivity contribution in [3.63, 3.8) is 0 Å². The van der Waals surface area contributed by atoms with Crippen LogP contribution in [-0.4, -0.2) is 5.91 Å². The zero-order valence-corrected chi connectivity index (χ0v) is 5.20. The summed E-state index contributed by atoms with van der Waals surface area (Å²) in [6, 6.07) is 0. The van der Waals surface area contributed by atoms with Gasteiger partial charge in [-0.15, -0.1) is 12.4 Å². The Bertz CT molecular complexity index is 111. The highest BCUT2D eigenvalue weighted by molar-refractivity contribution is 5.85. The van der Waals surface area contributed by atoms with Crippen LogP contribution in [0.5, 0.6) is 0 Å². The molecule has 0 aliphatic carbocycles. The Kier molecular flexibility index (Phi) is 3.28. The number of allylic oxidation sites excluding steroid dienone is 1. The second-order valence-corrected chi connectivity index (χ2v) is 1.51. The first-order valence-corrected chi connectivity index (χ1v) is 2.34. The van der Waals surface area contributed by atoms with E-state index in [-0.39, 0.29) is 18.3 Å². The molecule has 0 saturated heterocycles. The summed E-state index contributed by atoms with van der Waals surface area (Å²) in [6.07, 6.45) is 5.18. The van der Waals surface area contributed by atoms with Crippen LogP contribution in [0.3, 0.4) is 0 Å². The van der Waals surface area contributed by atoms with Gasteiger partial charge in [0.25, 0.3) is 0 Å². The molecular weight excluding hydrogens is 126 g/mol. The van der Waals surface area contributed by atoms with Crippen LogP contribution in [0.25, 0.3) is 0 Å². The third-order valence-corrected chi connectivity index (χ3v) is 0.900. The topological polar surface area (TPSA) is 29.1 Å². The van der Waals surface area contributed by atoms with Crippen molar-refractivity contribution in [2.75, 3.05) is 0 Å². The highest BCUT2D eigenvalue weighted by Crippen LogP contribution is 1.94. The number of hydrogen-bond donors (Lipinski definition) is 1. The highest BCUT2D eigenvalue weighted by Gasteiger charge is 1.98. The molecule has 0 saturated carbocycles. The Morgan fingerprint density at radius 3 is 2.62 bits per heavy atom. The van der Waals surface area contributed by atoms with E-state index in [1.807, 2.05) is 6.08 Å². The summed E-state index contributed by atoms with van der Waals surface area (Å²) in [5.41, 5.74) is 0. The molecule has 0 aromatic carbocycles. The summed E-state index contributed by atoms with van der Waals surface area (Å²) in [4.78, 5) is 10.3. The lowest BCUT2D eigenvalue weighted by Gasteiger charge is -2.00. The molecule has 1 heterocycles. The van der Waals surface area contributed by atoms with Gasteiger partial charge in [-0.25, -0.2) is 0 Å². The Balaban J connectivity index is 0.000000490. The molecule has 2 nitrogen and oxygen atoms in total. The summed E-state index contributed by atoms with van der Waals surface area (Å²) in [5.74, 6) is 0.127. The molecule has 0 atom stereocenters. The molecule has 8 heavy (non-hydrogen) atoms. The van der Waals surface area contributed by atoms with Crippen LogP contribution >= 0.6 is 12.4 Å². The number of carbonyl (C=O) groups is 1. The van der Waals surface area contributed by atoms with E-state index >= 15 is 0 Å². The maximum atomic E-state index is 10.3. The normalized spacial score (nSPS) is 16.8. The van der Waals surface area contributed by atoms with E-state index in [2.05, 4.69) is 5.32 Å². The van der Waals surface area contributed by atoms with Crippen molar-refractivity contribution in [1.29, 1.82) is 0 Å². The Hall–Kier alpha value is -0.500. The molecule has 0 bridgehead atoms. The zero-order valence-electron chi connectivity index (χ0n) is 4.39. The maximum Gasteiger partial charge on any atom is 0.224 e. The molecule has 0 aromatic rings. The average Bonchev–Trinajstić information content (AvgIpc) is 1.69. The summed E-state index contributed by atoms with van der Waals surface area (Å²) >= 11 is 0. The monoisotopic (exact) mass is 133 g/mol. The third kappa shape index (κ3) is 1.98. The predicted molar refractivity (Wildman–Crippen MR) is 33.8 cm³/mol. The standard InChI is InChI=1S/C5H7NO.ClH/c7-5-3-1-2-4-6-5;/h2,4H,1,3H2,(H,6,7);1H. The minimum Gasteiger partial charge on any atom is -0.333 e. The van der Waals surface area contributed by atoms with Gasteiger partial charge in [-0.1, -0.05) is 6.08 Å². The van der Waals surface area contributed by atoms with Gasteiger partial charge in [-0.05, 0) is 12.6 Å². The van der Waals surface area contributed by atoms with Crippen molar-refractivity contribution in [1.82, 2.24) is 5.32 Å². The number of carbonyl (C=O) groups excluding carboxylic acids is 1. The number of hydrogen-bond acceptors (Lipinski definition) is 1. The summed E-state index contributed by atoms with van der Waals surface area (Å²) in [7, 11) is 0. The minimum absolute atomic E-state index is 0. The van der Waals surface area contributed by atoms with Crippen molar-refractivity contribution in [3.05, 3.63) is 12.3 Å². The fraction of sp³-hybridized carbons (Fsp3) is 0.400. The SMILES string of the molecule is Cl.O=C1CCC=CN1. The van der Waals surface area contributed by atoms with Gasteiger partial charge in [0.15, 0.2) is 0 Å². The first kappa shape index (κ1) is 7.50. The van der Waals surface area contributed by atoms with E-state index < -0.39 is 0 Å². The molecule has 1 aliphatic rings. The van der Waals surface area contributed by atoms with E-state index in [4.69, 9.17) is 0 Å². The Morgan fingerprint density at radius 2 is 2.38 bits per heavy atom. The van der Waals surface area contributed by atoms with Gasteiger partial charge in [0, 0.05) is 6.42 Å². The highest BCUT2D eigenvalue weighted by atomic mass is 35.5. The molecule has 0 radical (unpaired) electrons. The van der Waals surface area contributed by atoms with Crippen LogP contribution in [-0.2, 0) is 4.79 Å². The van der Waals surface area contributed by atoms with Crippen LogP contribution in [0, 0.1) is 0 Å². The van der Waals surface area contributed by atoms with Gasteiger partial charge in [-0.3, -0.25) is 4.79 Å². The lowest BCUT2D eigenvalue weighted by molar-refractivity contribution is -0.120. The smallest absolute Gasteiger partial charge is 0.224 e. The lowest BCUT2D eigenvalue weighted by atomic mass is 10.2. The summed E-state index contributed by atoms with van der Waals surface area (Å²) in [5, 5.41) is 2.56. The molecule has 0 spiro atoms. The molecule has 1 N–H and O–H groups in total. The maximum absolute atomic E-state index is 10.3. The summed E-state index contributed by atoms with van der Waals surface area (Å²) in [6.45, 7) is 0.